The zero-order valence-electron chi connectivity index (χ0n) is 15.0. The van der Waals surface area contributed by atoms with Gasteiger partial charge in [-0.2, -0.15) is 30.7 Å². The van der Waals surface area contributed by atoms with E-state index in [9.17, 15) is 30.7 Å². The molecule has 0 saturated heterocycles. The molecule has 0 heterocycles. The summed E-state index contributed by atoms with van der Waals surface area (Å²) in [5.41, 5.74) is -2.94. The van der Waals surface area contributed by atoms with E-state index >= 15 is 0 Å². The number of hydrogen-bond donors (Lipinski definition) is 0. The molecule has 0 bridgehead atoms. The maximum absolute atomic E-state index is 14.3. The molecule has 2 nitrogen and oxygen atoms in total. The number of ether oxygens (including phenoxy) is 2. The predicted octanol–water partition coefficient (Wildman–Crippen LogP) is 6.96. The maximum Gasteiger partial charge on any atom is 0.426 e. The van der Waals surface area contributed by atoms with Crippen LogP contribution in [-0.2, 0) is 18.4 Å². The molecule has 3 rings (SSSR count). The molecule has 0 unspecified atom stereocenters. The van der Waals surface area contributed by atoms with Crippen molar-refractivity contribution >= 4 is 0 Å². The van der Waals surface area contributed by atoms with Crippen LogP contribution in [0.4, 0.5) is 30.7 Å². The molecule has 158 valence electrons. The third-order valence-electron chi connectivity index (χ3n) is 3.96. The highest BCUT2D eigenvalue weighted by Crippen LogP contribution is 2.43. The van der Waals surface area contributed by atoms with Crippen LogP contribution in [-0.4, -0.2) is 0 Å². The Kier molecular flexibility index (Phi) is 5.65. The lowest BCUT2D eigenvalue weighted by atomic mass is 10.1. The second-order valence-corrected chi connectivity index (χ2v) is 6.13. The van der Waals surface area contributed by atoms with Crippen LogP contribution < -0.4 is 9.47 Å². The van der Waals surface area contributed by atoms with Crippen molar-refractivity contribution in [1.82, 2.24) is 0 Å². The van der Waals surface area contributed by atoms with Crippen LogP contribution in [0.2, 0.25) is 0 Å². The van der Waals surface area contributed by atoms with Crippen LogP contribution >= 0.6 is 0 Å². The van der Waals surface area contributed by atoms with Crippen molar-refractivity contribution < 1.29 is 40.2 Å². The van der Waals surface area contributed by atoms with Gasteiger partial charge in [0.25, 0.3) is 0 Å². The molecule has 0 spiro atoms. The van der Waals surface area contributed by atoms with E-state index < -0.39 is 46.6 Å². The molecule has 0 aliphatic carbocycles. The van der Waals surface area contributed by atoms with Crippen LogP contribution in [0.15, 0.2) is 78.9 Å². The smallest absolute Gasteiger partial charge is 0.426 e. The summed E-state index contributed by atoms with van der Waals surface area (Å²) in [6.45, 7) is 0. The van der Waals surface area contributed by atoms with E-state index in [1.807, 2.05) is 0 Å². The fourth-order valence-electron chi connectivity index (χ4n) is 2.55. The molecule has 0 atom stereocenters. The normalized spacial score (nSPS) is 12.5. The van der Waals surface area contributed by atoms with Crippen molar-refractivity contribution in [2.24, 2.45) is 0 Å². The Morgan fingerprint density at radius 1 is 0.533 bits per heavy atom. The van der Waals surface area contributed by atoms with Gasteiger partial charge in [0.05, 0.1) is 11.1 Å². The summed E-state index contributed by atoms with van der Waals surface area (Å²) in [7, 11) is 0. The molecule has 0 N–H and O–H groups in total. The molecule has 9 heteroatoms. The summed E-state index contributed by atoms with van der Waals surface area (Å²) < 4.78 is 106. The van der Waals surface area contributed by atoms with Crippen molar-refractivity contribution in [3.8, 4) is 11.5 Å². The molecular weight excluding hydrogens is 417 g/mol. The zero-order chi connectivity index (χ0) is 22.0. The van der Waals surface area contributed by atoms with E-state index in [2.05, 4.69) is 9.47 Å². The van der Waals surface area contributed by atoms with Crippen molar-refractivity contribution in [2.45, 2.75) is 18.4 Å². The largest absolute Gasteiger partial charge is 0.429 e. The first kappa shape index (κ1) is 21.5. The van der Waals surface area contributed by atoms with Gasteiger partial charge in [-0.15, -0.1) is 0 Å². The molecule has 0 amide bonds. The Morgan fingerprint density at radius 2 is 1.00 bits per heavy atom. The first-order valence-electron chi connectivity index (χ1n) is 8.45. The number of rotatable bonds is 6. The van der Waals surface area contributed by atoms with E-state index in [4.69, 9.17) is 0 Å². The molecule has 0 saturated carbocycles. The molecule has 3 aromatic carbocycles. The van der Waals surface area contributed by atoms with Crippen LogP contribution in [0.3, 0.4) is 0 Å². The Balaban J connectivity index is 1.93. The van der Waals surface area contributed by atoms with Crippen molar-refractivity contribution in [3.05, 3.63) is 95.6 Å². The van der Waals surface area contributed by atoms with Gasteiger partial charge >= 0.3 is 18.4 Å². The Morgan fingerprint density at radius 3 is 1.47 bits per heavy atom. The second kappa shape index (κ2) is 7.89. The number of halogens is 7. The summed E-state index contributed by atoms with van der Waals surface area (Å²) in [5, 5.41) is 0. The maximum atomic E-state index is 14.3. The monoisotopic (exact) mass is 430 g/mol. The van der Waals surface area contributed by atoms with Gasteiger partial charge in [-0.1, -0.05) is 36.4 Å². The molecule has 30 heavy (non-hydrogen) atoms. The Hall–Kier alpha value is -3.23. The van der Waals surface area contributed by atoms with E-state index in [1.54, 1.807) is 0 Å². The number of alkyl halides is 7. The highest BCUT2D eigenvalue weighted by atomic mass is 19.4. The summed E-state index contributed by atoms with van der Waals surface area (Å²) in [5.74, 6) is -2.10. The van der Waals surface area contributed by atoms with E-state index in [0.717, 1.165) is 24.3 Å². The van der Waals surface area contributed by atoms with Crippen molar-refractivity contribution in [2.75, 3.05) is 0 Å². The standard InChI is InChI=1S/C21H13F7O2/c22-19(23,24)17-13-16(29-20(25,26)14-7-3-1-4-8-14)11-12-18(17)30-21(27,28)15-9-5-2-6-10-15/h1-13H. The molecule has 0 aliphatic heterocycles. The minimum Gasteiger partial charge on any atom is -0.429 e. The fourth-order valence-corrected chi connectivity index (χ4v) is 2.55. The molecule has 3 aromatic rings. The van der Waals surface area contributed by atoms with Gasteiger partial charge in [0.15, 0.2) is 0 Å². The SMILES string of the molecule is FC(F)(F)c1cc(OC(F)(F)c2ccccc2)ccc1OC(F)(F)c1ccccc1. The lowest BCUT2D eigenvalue weighted by molar-refractivity contribution is -0.193. The molecule has 0 radical (unpaired) electrons. The molecular formula is C21H13F7O2. The van der Waals surface area contributed by atoms with Gasteiger partial charge in [-0.25, -0.2) is 0 Å². The van der Waals surface area contributed by atoms with Gasteiger partial charge < -0.3 is 9.47 Å². The van der Waals surface area contributed by atoms with Crippen LogP contribution in [0.5, 0.6) is 11.5 Å². The summed E-state index contributed by atoms with van der Waals surface area (Å²) in [6.07, 6.45) is -13.2. The van der Waals surface area contributed by atoms with Crippen LogP contribution in [0.1, 0.15) is 16.7 Å². The molecule has 0 aromatic heterocycles. The Bertz CT molecular complexity index is 987. The van der Waals surface area contributed by atoms with Crippen molar-refractivity contribution in [1.29, 1.82) is 0 Å². The first-order chi connectivity index (χ1) is 14.0. The highest BCUT2D eigenvalue weighted by Gasteiger charge is 2.41. The number of benzene rings is 3. The van der Waals surface area contributed by atoms with Gasteiger partial charge in [0, 0.05) is 0 Å². The second-order valence-electron chi connectivity index (χ2n) is 6.13. The summed E-state index contributed by atoms with van der Waals surface area (Å²) in [4.78, 5) is 0. The lowest BCUT2D eigenvalue weighted by Crippen LogP contribution is -2.24. The topological polar surface area (TPSA) is 18.5 Å². The van der Waals surface area contributed by atoms with Crippen molar-refractivity contribution in [3.63, 3.8) is 0 Å². The van der Waals surface area contributed by atoms with E-state index in [1.165, 1.54) is 36.4 Å². The summed E-state index contributed by atoms with van der Waals surface area (Å²) >= 11 is 0. The quantitative estimate of drug-likeness (QED) is 0.394. The zero-order valence-corrected chi connectivity index (χ0v) is 15.0. The van der Waals surface area contributed by atoms with E-state index in [-0.39, 0.29) is 6.07 Å². The van der Waals surface area contributed by atoms with E-state index in [0.29, 0.717) is 12.1 Å². The lowest BCUT2D eigenvalue weighted by Gasteiger charge is -2.23. The van der Waals surface area contributed by atoms with Gasteiger partial charge in [-0.3, -0.25) is 0 Å². The molecule has 0 fully saturated rings. The van der Waals surface area contributed by atoms with Crippen LogP contribution in [0.25, 0.3) is 0 Å². The minimum absolute atomic E-state index is 0.188. The predicted molar refractivity (Wildman–Crippen MR) is 93.4 cm³/mol. The van der Waals surface area contributed by atoms with Crippen LogP contribution in [0, 0.1) is 0 Å². The summed E-state index contributed by atoms with van der Waals surface area (Å²) in [6, 6.07) is 13.5. The fraction of sp³-hybridized carbons (Fsp3) is 0.143. The van der Waals surface area contributed by atoms with Gasteiger partial charge in [0.2, 0.25) is 0 Å². The van der Waals surface area contributed by atoms with Gasteiger partial charge in [0.1, 0.15) is 17.1 Å². The molecule has 0 aliphatic rings. The first-order valence-corrected chi connectivity index (χ1v) is 8.45. The third kappa shape index (κ3) is 4.84. The highest BCUT2D eigenvalue weighted by molar-refractivity contribution is 5.43. The number of hydrogen-bond acceptors (Lipinski definition) is 2. The average molecular weight is 430 g/mol. The average Bonchev–Trinajstić information content (AvgIpc) is 2.69. The third-order valence-corrected chi connectivity index (χ3v) is 3.96. The Labute approximate surface area is 166 Å². The minimum atomic E-state index is -5.16. The van der Waals surface area contributed by atoms with Gasteiger partial charge in [-0.05, 0) is 42.5 Å².